The average Bonchev–Trinajstić information content (AvgIpc) is 1.99. The number of nitrogens with zero attached hydrogens (tertiary/aromatic N) is 1. The highest BCUT2D eigenvalue weighted by atomic mass is 19.4. The summed E-state index contributed by atoms with van der Waals surface area (Å²) in [5.41, 5.74) is 0. The van der Waals surface area contributed by atoms with Crippen LogP contribution < -0.4 is 0 Å². The lowest BCUT2D eigenvalue weighted by molar-refractivity contribution is -0.124. The Morgan fingerprint density at radius 3 is 1.86 bits per heavy atom. The monoisotopic (exact) mass is 109 g/mol. The Bertz CT molecular complexity index is 97.2. The largest absolute Gasteiger partial charge is 0.415 e. The third-order valence-electron chi connectivity index (χ3n) is 0.634. The summed E-state index contributed by atoms with van der Waals surface area (Å²) in [6.07, 6.45) is -3.24. The molecule has 0 amide bonds. The van der Waals surface area contributed by atoms with E-state index in [1.54, 1.807) is 0 Å². The highest BCUT2D eigenvalue weighted by Gasteiger charge is 2.43. The fourth-order valence-corrected chi connectivity index (χ4v) is 0.212. The molecule has 0 N–H and O–H groups in total. The van der Waals surface area contributed by atoms with Crippen LogP contribution in [0.4, 0.5) is 13.2 Å². The molecule has 0 bridgehead atoms. The second-order valence-electron chi connectivity index (χ2n) is 1.28. The zero-order valence-corrected chi connectivity index (χ0v) is 3.24. The highest BCUT2D eigenvalue weighted by Crippen LogP contribution is 2.26. The lowest BCUT2D eigenvalue weighted by atomic mass is 10.5. The van der Waals surface area contributed by atoms with Gasteiger partial charge in [-0.25, -0.2) is 0 Å². The molecule has 1 nitrogen and oxygen atoms in total. The van der Waals surface area contributed by atoms with Gasteiger partial charge >= 0.3 is 6.18 Å². The Kier molecular flexibility index (Phi) is 0.654. The van der Waals surface area contributed by atoms with E-state index in [4.69, 9.17) is 0 Å². The van der Waals surface area contributed by atoms with Crippen LogP contribution in [0.25, 0.3) is 0 Å². The lowest BCUT2D eigenvalue weighted by Crippen LogP contribution is -2.17. The van der Waals surface area contributed by atoms with E-state index in [0.717, 1.165) is 6.21 Å². The maximum absolute atomic E-state index is 11.1. The molecule has 1 aliphatic heterocycles. The van der Waals surface area contributed by atoms with Gasteiger partial charge in [0, 0.05) is 6.21 Å². The summed E-state index contributed by atoms with van der Waals surface area (Å²) in [4.78, 5) is 2.92. The summed E-state index contributed by atoms with van der Waals surface area (Å²) in [6.45, 7) is 0. The van der Waals surface area contributed by atoms with E-state index in [-0.39, 0.29) is 0 Å². The third kappa shape index (κ3) is 0.913. The van der Waals surface area contributed by atoms with E-state index in [1.165, 1.54) is 0 Å². The van der Waals surface area contributed by atoms with Gasteiger partial charge in [-0.2, -0.15) is 13.2 Å². The molecule has 1 rings (SSSR count). The quantitative estimate of drug-likeness (QED) is 0.440. The molecular formula is C3H2F3N. The molecule has 7 heavy (non-hydrogen) atoms. The number of aliphatic imine (C=N–C) groups is 1. The van der Waals surface area contributed by atoms with Crippen LogP contribution in [0.15, 0.2) is 4.99 Å². The maximum Gasteiger partial charge on any atom is 0.415 e. The van der Waals surface area contributed by atoms with E-state index in [1.807, 2.05) is 0 Å². The van der Waals surface area contributed by atoms with E-state index >= 15 is 0 Å². The van der Waals surface area contributed by atoms with Crippen molar-refractivity contribution >= 4 is 6.21 Å². The molecule has 1 aliphatic rings. The zero-order chi connectivity index (χ0) is 5.49. The van der Waals surface area contributed by atoms with Gasteiger partial charge in [0.1, 0.15) is 0 Å². The summed E-state index contributed by atoms with van der Waals surface area (Å²) in [7, 11) is 0. The van der Waals surface area contributed by atoms with Crippen molar-refractivity contribution in [3.63, 3.8) is 0 Å². The Morgan fingerprint density at radius 2 is 1.86 bits per heavy atom. The molecule has 0 saturated carbocycles. The first-order chi connectivity index (χ1) is 3.11. The number of hydrogen-bond donors (Lipinski definition) is 0. The van der Waals surface area contributed by atoms with Gasteiger partial charge in [-0.05, 0) is 0 Å². The molecule has 4 heteroatoms. The van der Waals surface area contributed by atoms with Crippen LogP contribution >= 0.6 is 0 Å². The van der Waals surface area contributed by atoms with Gasteiger partial charge in [0.2, 0.25) is 0 Å². The first-order valence-corrected chi connectivity index (χ1v) is 1.71. The van der Waals surface area contributed by atoms with Gasteiger partial charge in [0.15, 0.2) is 6.04 Å². The predicted molar refractivity (Wildman–Crippen MR) is 18.3 cm³/mol. The van der Waals surface area contributed by atoms with Gasteiger partial charge < -0.3 is 0 Å². The lowest BCUT2D eigenvalue weighted by Gasteiger charge is -1.97. The Morgan fingerprint density at radius 1 is 1.43 bits per heavy atom. The highest BCUT2D eigenvalue weighted by molar-refractivity contribution is 5.78. The number of hydrogen-bond acceptors (Lipinski definition) is 1. The second kappa shape index (κ2) is 0.993. The van der Waals surface area contributed by atoms with Crippen LogP contribution in [0.5, 0.6) is 0 Å². The van der Waals surface area contributed by atoms with Gasteiger partial charge in [0.05, 0.1) is 0 Å². The minimum atomic E-state index is -4.11. The SMILES string of the molecule is FC(F)(F)C1C=N1. The van der Waals surface area contributed by atoms with Crippen LogP contribution in [-0.2, 0) is 0 Å². The molecule has 0 aromatic carbocycles. The standard InChI is InChI=1S/C3H2F3N/c4-3(5,6)2-1-7-2/h1-2H. The molecule has 0 saturated heterocycles. The van der Waals surface area contributed by atoms with Crippen molar-refractivity contribution in [2.45, 2.75) is 12.2 Å². The van der Waals surface area contributed by atoms with Gasteiger partial charge in [-0.15, -0.1) is 0 Å². The van der Waals surface area contributed by atoms with Crippen molar-refractivity contribution in [3.8, 4) is 0 Å². The van der Waals surface area contributed by atoms with Crippen molar-refractivity contribution in [1.29, 1.82) is 0 Å². The van der Waals surface area contributed by atoms with Gasteiger partial charge in [-0.3, -0.25) is 4.99 Å². The van der Waals surface area contributed by atoms with Gasteiger partial charge in [-0.1, -0.05) is 0 Å². The van der Waals surface area contributed by atoms with Crippen LogP contribution in [0.1, 0.15) is 0 Å². The normalized spacial score (nSPS) is 28.1. The van der Waals surface area contributed by atoms with E-state index in [2.05, 4.69) is 4.99 Å². The van der Waals surface area contributed by atoms with Crippen molar-refractivity contribution in [2.75, 3.05) is 0 Å². The molecule has 0 spiro atoms. The molecule has 40 valence electrons. The topological polar surface area (TPSA) is 12.4 Å². The molecule has 1 unspecified atom stereocenters. The minimum absolute atomic E-state index is 0.875. The fourth-order valence-electron chi connectivity index (χ4n) is 0.212. The van der Waals surface area contributed by atoms with Crippen molar-refractivity contribution < 1.29 is 13.2 Å². The fraction of sp³-hybridized carbons (Fsp3) is 0.667. The van der Waals surface area contributed by atoms with E-state index < -0.39 is 12.2 Å². The Hall–Kier alpha value is -0.540. The number of alkyl halides is 3. The Labute approximate surface area is 37.9 Å². The molecular weight excluding hydrogens is 107 g/mol. The van der Waals surface area contributed by atoms with Crippen LogP contribution in [0.3, 0.4) is 0 Å². The summed E-state index contributed by atoms with van der Waals surface area (Å²) in [5.74, 6) is 0. The minimum Gasteiger partial charge on any atom is -0.276 e. The van der Waals surface area contributed by atoms with Gasteiger partial charge in [0.25, 0.3) is 0 Å². The smallest absolute Gasteiger partial charge is 0.276 e. The van der Waals surface area contributed by atoms with Crippen molar-refractivity contribution in [2.24, 2.45) is 4.99 Å². The predicted octanol–water partition coefficient (Wildman–Crippen LogP) is 1.00. The summed E-state index contributed by atoms with van der Waals surface area (Å²) < 4.78 is 33.3. The van der Waals surface area contributed by atoms with Crippen LogP contribution in [-0.4, -0.2) is 18.4 Å². The van der Waals surface area contributed by atoms with E-state index in [9.17, 15) is 13.2 Å². The molecule has 0 aliphatic carbocycles. The first kappa shape index (κ1) is 4.61. The van der Waals surface area contributed by atoms with Crippen LogP contribution in [0.2, 0.25) is 0 Å². The third-order valence-corrected chi connectivity index (χ3v) is 0.634. The van der Waals surface area contributed by atoms with Crippen molar-refractivity contribution in [1.82, 2.24) is 0 Å². The Balaban J connectivity index is 2.38. The summed E-state index contributed by atoms with van der Waals surface area (Å²) >= 11 is 0. The first-order valence-electron chi connectivity index (χ1n) is 1.71. The molecule has 1 atom stereocenters. The summed E-state index contributed by atoms with van der Waals surface area (Å²) in [6, 6.07) is -1.45. The second-order valence-corrected chi connectivity index (χ2v) is 1.28. The average molecular weight is 109 g/mol. The molecule has 1 heterocycles. The van der Waals surface area contributed by atoms with Crippen LogP contribution in [0, 0.1) is 0 Å². The number of rotatable bonds is 0. The maximum atomic E-state index is 11.1. The van der Waals surface area contributed by atoms with Crippen molar-refractivity contribution in [3.05, 3.63) is 0 Å². The van der Waals surface area contributed by atoms with E-state index in [0.29, 0.717) is 0 Å². The molecule has 0 aromatic rings. The number of halogens is 3. The zero-order valence-electron chi connectivity index (χ0n) is 3.24. The molecule has 0 fully saturated rings. The molecule has 0 radical (unpaired) electrons. The summed E-state index contributed by atoms with van der Waals surface area (Å²) in [5, 5.41) is 0. The molecule has 0 aromatic heterocycles.